The molecule has 0 radical (unpaired) electrons. The summed E-state index contributed by atoms with van der Waals surface area (Å²) in [5, 5.41) is 22.0. The molecule has 0 aliphatic carbocycles. The summed E-state index contributed by atoms with van der Waals surface area (Å²) in [7, 11) is 0. The fourth-order valence-corrected chi connectivity index (χ4v) is 1.89. The smallest absolute Gasteiger partial charge is 0.259 e. The van der Waals surface area contributed by atoms with Crippen LogP contribution >= 0.6 is 0 Å². The molecule has 0 saturated heterocycles. The van der Waals surface area contributed by atoms with E-state index in [1.165, 1.54) is 18.2 Å². The lowest BCUT2D eigenvalue weighted by Gasteiger charge is -1.99. The first-order chi connectivity index (χ1) is 10.7. The van der Waals surface area contributed by atoms with E-state index < -0.39 is 5.82 Å². The second-order valence-electron chi connectivity index (χ2n) is 4.24. The van der Waals surface area contributed by atoms with Gasteiger partial charge in [-0.25, -0.2) is 9.37 Å². The number of nitrogens with zero attached hydrogens (tertiary/aromatic N) is 5. The van der Waals surface area contributed by atoms with Crippen molar-refractivity contribution >= 4 is 0 Å². The summed E-state index contributed by atoms with van der Waals surface area (Å²) in [4.78, 5) is 8.00. The SMILES string of the molecule is N#Cc1cccc(-c2nc(-c3ccc(F)cn3)no2)c1C#N. The van der Waals surface area contributed by atoms with Crippen molar-refractivity contribution in [3.63, 3.8) is 0 Å². The van der Waals surface area contributed by atoms with Crippen LogP contribution in [0.4, 0.5) is 4.39 Å². The Kier molecular flexibility index (Phi) is 3.31. The van der Waals surface area contributed by atoms with E-state index in [0.29, 0.717) is 11.3 Å². The molecule has 0 saturated carbocycles. The third-order valence-electron chi connectivity index (χ3n) is 2.91. The molecule has 104 valence electrons. The molecule has 0 amide bonds. The molecule has 0 bridgehead atoms. The Labute approximate surface area is 124 Å². The van der Waals surface area contributed by atoms with E-state index in [2.05, 4.69) is 15.1 Å². The Morgan fingerprint density at radius 1 is 1.09 bits per heavy atom. The van der Waals surface area contributed by atoms with Gasteiger partial charge in [-0.1, -0.05) is 11.2 Å². The van der Waals surface area contributed by atoms with Gasteiger partial charge in [0.1, 0.15) is 23.6 Å². The zero-order valence-electron chi connectivity index (χ0n) is 11.0. The molecule has 0 unspecified atom stereocenters. The Balaban J connectivity index is 2.07. The maximum absolute atomic E-state index is 12.9. The number of hydrogen-bond donors (Lipinski definition) is 0. The number of halogens is 1. The van der Waals surface area contributed by atoms with Crippen LogP contribution < -0.4 is 0 Å². The largest absolute Gasteiger partial charge is 0.334 e. The van der Waals surface area contributed by atoms with Gasteiger partial charge in [0.15, 0.2) is 0 Å². The second kappa shape index (κ2) is 5.43. The molecular weight excluding hydrogens is 285 g/mol. The average Bonchev–Trinajstić information content (AvgIpc) is 3.04. The zero-order valence-corrected chi connectivity index (χ0v) is 11.0. The van der Waals surface area contributed by atoms with Crippen molar-refractivity contribution in [3.05, 3.63) is 53.5 Å². The van der Waals surface area contributed by atoms with Crippen molar-refractivity contribution in [2.45, 2.75) is 0 Å². The van der Waals surface area contributed by atoms with Crippen LogP contribution in [-0.2, 0) is 0 Å². The predicted octanol–water partition coefficient (Wildman–Crippen LogP) is 2.68. The van der Waals surface area contributed by atoms with Gasteiger partial charge in [0, 0.05) is 0 Å². The summed E-state index contributed by atoms with van der Waals surface area (Å²) in [5.74, 6) is -0.211. The van der Waals surface area contributed by atoms with Gasteiger partial charge in [-0.2, -0.15) is 15.5 Å². The van der Waals surface area contributed by atoms with Crippen LogP contribution in [0.3, 0.4) is 0 Å². The molecular formula is C15H6FN5O. The van der Waals surface area contributed by atoms with E-state index in [4.69, 9.17) is 9.78 Å². The minimum Gasteiger partial charge on any atom is -0.334 e. The van der Waals surface area contributed by atoms with Gasteiger partial charge >= 0.3 is 0 Å². The van der Waals surface area contributed by atoms with Crippen molar-refractivity contribution in [1.29, 1.82) is 10.5 Å². The fourth-order valence-electron chi connectivity index (χ4n) is 1.89. The highest BCUT2D eigenvalue weighted by Crippen LogP contribution is 2.26. The van der Waals surface area contributed by atoms with Crippen LogP contribution in [0.1, 0.15) is 11.1 Å². The van der Waals surface area contributed by atoms with Gasteiger partial charge in [0.2, 0.25) is 5.82 Å². The van der Waals surface area contributed by atoms with Gasteiger partial charge in [0.25, 0.3) is 5.89 Å². The summed E-state index contributed by atoms with van der Waals surface area (Å²) in [6.07, 6.45) is 1.04. The molecule has 7 heteroatoms. The highest BCUT2D eigenvalue weighted by molar-refractivity contribution is 5.68. The molecule has 3 rings (SSSR count). The molecule has 2 heterocycles. The van der Waals surface area contributed by atoms with Gasteiger partial charge in [-0.15, -0.1) is 0 Å². The van der Waals surface area contributed by atoms with Crippen molar-refractivity contribution in [3.8, 4) is 35.1 Å². The number of nitriles is 2. The molecule has 6 nitrogen and oxygen atoms in total. The summed E-state index contributed by atoms with van der Waals surface area (Å²) in [6, 6.07) is 11.3. The fraction of sp³-hybridized carbons (Fsp3) is 0. The Hall–Kier alpha value is -3.58. The van der Waals surface area contributed by atoms with Crippen LogP contribution in [0.25, 0.3) is 23.0 Å². The minimum atomic E-state index is -0.471. The third-order valence-corrected chi connectivity index (χ3v) is 2.91. The lowest BCUT2D eigenvalue weighted by Crippen LogP contribution is -1.90. The molecule has 0 atom stereocenters. The highest BCUT2D eigenvalue weighted by Gasteiger charge is 2.17. The quantitative estimate of drug-likeness (QED) is 0.719. The van der Waals surface area contributed by atoms with Crippen molar-refractivity contribution in [1.82, 2.24) is 15.1 Å². The van der Waals surface area contributed by atoms with Gasteiger partial charge < -0.3 is 4.52 Å². The van der Waals surface area contributed by atoms with E-state index in [9.17, 15) is 9.65 Å². The maximum Gasteiger partial charge on any atom is 0.259 e. The Bertz CT molecular complexity index is 918. The van der Waals surface area contributed by atoms with Crippen molar-refractivity contribution in [2.24, 2.45) is 0 Å². The minimum absolute atomic E-state index is 0.0924. The predicted molar refractivity (Wildman–Crippen MR) is 72.4 cm³/mol. The molecule has 0 aliphatic heterocycles. The highest BCUT2D eigenvalue weighted by atomic mass is 19.1. The Morgan fingerprint density at radius 2 is 1.95 bits per heavy atom. The monoisotopic (exact) mass is 291 g/mol. The number of aromatic nitrogens is 3. The van der Waals surface area contributed by atoms with E-state index in [0.717, 1.165) is 6.20 Å². The summed E-state index contributed by atoms with van der Waals surface area (Å²) in [5.41, 5.74) is 1.08. The lowest BCUT2D eigenvalue weighted by atomic mass is 10.0. The van der Waals surface area contributed by atoms with Crippen LogP contribution in [0.5, 0.6) is 0 Å². The summed E-state index contributed by atoms with van der Waals surface area (Å²) in [6.45, 7) is 0. The molecule has 0 aliphatic rings. The zero-order chi connectivity index (χ0) is 15.5. The first kappa shape index (κ1) is 13.4. The lowest BCUT2D eigenvalue weighted by molar-refractivity contribution is 0.432. The normalized spacial score (nSPS) is 9.95. The van der Waals surface area contributed by atoms with Gasteiger partial charge in [-0.05, 0) is 24.3 Å². The molecule has 22 heavy (non-hydrogen) atoms. The second-order valence-corrected chi connectivity index (χ2v) is 4.24. The van der Waals surface area contributed by atoms with E-state index in [-0.39, 0.29) is 22.8 Å². The van der Waals surface area contributed by atoms with E-state index in [1.54, 1.807) is 12.1 Å². The number of rotatable bonds is 2. The van der Waals surface area contributed by atoms with Crippen LogP contribution in [-0.4, -0.2) is 15.1 Å². The molecule has 1 aromatic carbocycles. The number of pyridine rings is 1. The van der Waals surface area contributed by atoms with E-state index >= 15 is 0 Å². The van der Waals surface area contributed by atoms with E-state index in [1.807, 2.05) is 12.1 Å². The first-order valence-electron chi connectivity index (χ1n) is 6.12. The van der Waals surface area contributed by atoms with Gasteiger partial charge in [-0.3, -0.25) is 0 Å². The van der Waals surface area contributed by atoms with Crippen LogP contribution in [0, 0.1) is 28.5 Å². The van der Waals surface area contributed by atoms with Crippen LogP contribution in [0.2, 0.25) is 0 Å². The molecule has 0 spiro atoms. The topological polar surface area (TPSA) is 99.4 Å². The van der Waals surface area contributed by atoms with Crippen molar-refractivity contribution in [2.75, 3.05) is 0 Å². The standard InChI is InChI=1S/C15H6FN5O/c16-10-4-5-13(19-8-10)14-20-15(22-21-14)11-3-1-2-9(6-17)12(11)7-18/h1-5,8H. The number of hydrogen-bond acceptors (Lipinski definition) is 6. The first-order valence-corrected chi connectivity index (χ1v) is 6.12. The summed E-state index contributed by atoms with van der Waals surface area (Å²) < 4.78 is 18.0. The third kappa shape index (κ3) is 2.28. The average molecular weight is 291 g/mol. The molecule has 0 N–H and O–H groups in total. The number of benzene rings is 1. The Morgan fingerprint density at radius 3 is 2.64 bits per heavy atom. The molecule has 2 aromatic heterocycles. The maximum atomic E-state index is 12.9. The van der Waals surface area contributed by atoms with Crippen molar-refractivity contribution < 1.29 is 8.91 Å². The van der Waals surface area contributed by atoms with Gasteiger partial charge in [0.05, 0.1) is 22.9 Å². The molecule has 0 fully saturated rings. The molecule has 3 aromatic rings. The van der Waals surface area contributed by atoms with Crippen LogP contribution in [0.15, 0.2) is 41.1 Å². The summed E-state index contributed by atoms with van der Waals surface area (Å²) >= 11 is 0.